The van der Waals surface area contributed by atoms with Gasteiger partial charge in [-0.1, -0.05) is 0 Å². The number of aromatic nitrogens is 3. The first-order valence-corrected chi connectivity index (χ1v) is 11.2. The van der Waals surface area contributed by atoms with Crippen molar-refractivity contribution in [2.45, 2.75) is 52.2 Å². The second-order valence-corrected chi connectivity index (χ2v) is 8.84. The number of morpholine rings is 1. The minimum absolute atomic E-state index is 0.0246. The van der Waals surface area contributed by atoms with Crippen molar-refractivity contribution in [1.29, 1.82) is 0 Å². The number of carbonyl (C=O) groups is 1. The van der Waals surface area contributed by atoms with E-state index in [-0.39, 0.29) is 40.1 Å². The summed E-state index contributed by atoms with van der Waals surface area (Å²) in [6.45, 7) is 7.03. The topological polar surface area (TPSA) is 97.4 Å². The molecular formula is C24H24F4N4O4. The van der Waals surface area contributed by atoms with Gasteiger partial charge in [-0.05, 0) is 45.9 Å². The van der Waals surface area contributed by atoms with E-state index in [9.17, 15) is 27.2 Å². The zero-order valence-corrected chi connectivity index (χ0v) is 19.9. The van der Waals surface area contributed by atoms with Crippen LogP contribution in [0, 0.1) is 12.7 Å². The van der Waals surface area contributed by atoms with E-state index in [0.29, 0.717) is 13.1 Å². The molecule has 1 fully saturated rings. The van der Waals surface area contributed by atoms with Gasteiger partial charge in [0.15, 0.2) is 5.82 Å². The van der Waals surface area contributed by atoms with E-state index in [1.807, 2.05) is 13.8 Å². The Labute approximate surface area is 203 Å². The Morgan fingerprint density at radius 1 is 1.22 bits per heavy atom. The molecule has 1 aliphatic rings. The van der Waals surface area contributed by atoms with Gasteiger partial charge in [0, 0.05) is 24.8 Å². The lowest BCUT2D eigenvalue weighted by atomic mass is 10.00. The summed E-state index contributed by atoms with van der Waals surface area (Å²) in [5.74, 6) is -1.86. The predicted octanol–water partition coefficient (Wildman–Crippen LogP) is 4.17. The third-order valence-electron chi connectivity index (χ3n) is 5.79. The van der Waals surface area contributed by atoms with Gasteiger partial charge in [-0.2, -0.15) is 13.2 Å². The van der Waals surface area contributed by atoms with Crippen LogP contribution in [0.1, 0.15) is 54.2 Å². The lowest BCUT2D eigenvalue weighted by Gasteiger charge is -2.35. The maximum atomic E-state index is 14.8. The number of rotatable bonds is 4. The number of ether oxygens (including phenoxy) is 2. The van der Waals surface area contributed by atoms with Crippen LogP contribution in [0.2, 0.25) is 0 Å². The maximum Gasteiger partial charge on any atom is 0.416 e. The van der Waals surface area contributed by atoms with Crippen LogP contribution >= 0.6 is 0 Å². The van der Waals surface area contributed by atoms with Crippen LogP contribution < -0.4 is 10.3 Å². The number of amides is 1. The highest BCUT2D eigenvalue weighted by Crippen LogP contribution is 2.37. The number of H-pyrrole nitrogens is 1. The standard InChI is InChI=1S/C24H24F4N4O4/c1-11-9-32(10-12(2)35-11)23(34)15-5-19(25)22(29-8-15)36-13(3)16-6-17-20(7-18(16)24(26,27)28)30-14(4)31-21(17)33/h5-8,11-13H,9-10H2,1-4H3,(H,30,31,33)/t11-,12+,13?. The molecular weight excluding hydrogens is 484 g/mol. The highest BCUT2D eigenvalue weighted by Gasteiger charge is 2.36. The summed E-state index contributed by atoms with van der Waals surface area (Å²) in [4.78, 5) is 36.9. The number of carbonyl (C=O) groups excluding carboxylic acids is 1. The summed E-state index contributed by atoms with van der Waals surface area (Å²) in [5.41, 5.74) is -2.22. The molecule has 1 saturated heterocycles. The van der Waals surface area contributed by atoms with Crippen LogP contribution in [-0.2, 0) is 10.9 Å². The molecule has 0 bridgehead atoms. The lowest BCUT2D eigenvalue weighted by Crippen LogP contribution is -2.48. The van der Waals surface area contributed by atoms with E-state index in [1.54, 1.807) is 0 Å². The van der Waals surface area contributed by atoms with Gasteiger partial charge in [0.25, 0.3) is 17.3 Å². The molecule has 3 aromatic rings. The number of nitrogens with zero attached hydrogens (tertiary/aromatic N) is 3. The highest BCUT2D eigenvalue weighted by molar-refractivity contribution is 5.94. The minimum Gasteiger partial charge on any atom is -0.468 e. The van der Waals surface area contributed by atoms with Crippen molar-refractivity contribution in [3.05, 3.63) is 63.1 Å². The van der Waals surface area contributed by atoms with E-state index in [4.69, 9.17) is 9.47 Å². The quantitative estimate of drug-likeness (QED) is 0.532. The number of alkyl halides is 3. The first-order valence-electron chi connectivity index (χ1n) is 11.2. The molecule has 36 heavy (non-hydrogen) atoms. The second-order valence-electron chi connectivity index (χ2n) is 8.84. The van der Waals surface area contributed by atoms with Crippen molar-refractivity contribution in [1.82, 2.24) is 19.9 Å². The third kappa shape index (κ3) is 5.18. The number of aromatic amines is 1. The molecule has 12 heteroatoms. The SMILES string of the molecule is Cc1nc2cc(C(F)(F)F)c(C(C)Oc3ncc(C(=O)N4C[C@@H](C)O[C@@H](C)C4)cc3F)cc2c(=O)[nH]1. The van der Waals surface area contributed by atoms with Gasteiger partial charge in [-0.15, -0.1) is 0 Å². The number of fused-ring (bicyclic) bond motifs is 1. The zero-order chi connectivity index (χ0) is 26.4. The Morgan fingerprint density at radius 2 is 1.89 bits per heavy atom. The highest BCUT2D eigenvalue weighted by atomic mass is 19.4. The molecule has 4 rings (SSSR count). The molecule has 192 valence electrons. The van der Waals surface area contributed by atoms with Crippen molar-refractivity contribution >= 4 is 16.8 Å². The molecule has 2 aromatic heterocycles. The summed E-state index contributed by atoms with van der Waals surface area (Å²) in [6, 6.07) is 2.73. The third-order valence-corrected chi connectivity index (χ3v) is 5.79. The van der Waals surface area contributed by atoms with E-state index in [1.165, 1.54) is 18.7 Å². The number of benzene rings is 1. The molecule has 3 atom stereocenters. The van der Waals surface area contributed by atoms with Crippen LogP contribution in [0.25, 0.3) is 10.9 Å². The van der Waals surface area contributed by atoms with Crippen LogP contribution in [0.5, 0.6) is 5.88 Å². The molecule has 1 amide bonds. The van der Waals surface area contributed by atoms with Crippen molar-refractivity contribution in [3.63, 3.8) is 0 Å². The van der Waals surface area contributed by atoms with Gasteiger partial charge in [0.1, 0.15) is 11.9 Å². The van der Waals surface area contributed by atoms with E-state index < -0.39 is 41.0 Å². The van der Waals surface area contributed by atoms with Gasteiger partial charge in [0.2, 0.25) is 0 Å². The van der Waals surface area contributed by atoms with Gasteiger partial charge in [-0.3, -0.25) is 9.59 Å². The molecule has 8 nitrogen and oxygen atoms in total. The molecule has 1 aliphatic heterocycles. The molecule has 1 aromatic carbocycles. The van der Waals surface area contributed by atoms with E-state index in [2.05, 4.69) is 15.0 Å². The van der Waals surface area contributed by atoms with Crippen molar-refractivity contribution < 1.29 is 31.8 Å². The fourth-order valence-electron chi connectivity index (χ4n) is 4.29. The van der Waals surface area contributed by atoms with Gasteiger partial charge < -0.3 is 19.4 Å². The van der Waals surface area contributed by atoms with E-state index >= 15 is 0 Å². The summed E-state index contributed by atoms with van der Waals surface area (Å²) < 4.78 is 67.3. The molecule has 0 saturated carbocycles. The summed E-state index contributed by atoms with van der Waals surface area (Å²) in [6.07, 6.45) is -5.38. The monoisotopic (exact) mass is 508 g/mol. The Morgan fingerprint density at radius 3 is 2.50 bits per heavy atom. The van der Waals surface area contributed by atoms with Crippen LogP contribution in [0.4, 0.5) is 17.6 Å². The Bertz CT molecular complexity index is 1360. The zero-order valence-electron chi connectivity index (χ0n) is 19.9. The second kappa shape index (κ2) is 9.49. The fraction of sp³-hybridized carbons (Fsp3) is 0.417. The fourth-order valence-corrected chi connectivity index (χ4v) is 4.29. The summed E-state index contributed by atoms with van der Waals surface area (Å²) >= 11 is 0. The van der Waals surface area contributed by atoms with E-state index in [0.717, 1.165) is 24.4 Å². The molecule has 0 radical (unpaired) electrons. The first-order chi connectivity index (χ1) is 16.8. The Balaban J connectivity index is 1.63. The normalized spacial score (nSPS) is 19.4. The first kappa shape index (κ1) is 25.5. The number of hydrogen-bond acceptors (Lipinski definition) is 6. The van der Waals surface area contributed by atoms with Gasteiger partial charge >= 0.3 is 6.18 Å². The Kier molecular flexibility index (Phi) is 6.74. The molecule has 0 aliphatic carbocycles. The van der Waals surface area contributed by atoms with Crippen LogP contribution in [0.15, 0.2) is 29.2 Å². The number of hydrogen-bond donors (Lipinski definition) is 1. The molecule has 1 unspecified atom stereocenters. The lowest BCUT2D eigenvalue weighted by molar-refractivity contribution is -0.138. The van der Waals surface area contributed by atoms with Crippen molar-refractivity contribution in [2.24, 2.45) is 0 Å². The predicted molar refractivity (Wildman–Crippen MR) is 121 cm³/mol. The minimum atomic E-state index is -4.78. The molecule has 3 heterocycles. The average Bonchev–Trinajstić information content (AvgIpc) is 2.77. The smallest absolute Gasteiger partial charge is 0.416 e. The largest absolute Gasteiger partial charge is 0.468 e. The van der Waals surface area contributed by atoms with Crippen molar-refractivity contribution in [2.75, 3.05) is 13.1 Å². The Hall–Kier alpha value is -3.54. The summed E-state index contributed by atoms with van der Waals surface area (Å²) in [7, 11) is 0. The number of nitrogens with one attached hydrogen (secondary N) is 1. The molecule has 1 N–H and O–H groups in total. The summed E-state index contributed by atoms with van der Waals surface area (Å²) in [5, 5.41) is -0.0672. The van der Waals surface area contributed by atoms with Crippen molar-refractivity contribution in [3.8, 4) is 5.88 Å². The molecule has 0 spiro atoms. The number of pyridine rings is 1. The van der Waals surface area contributed by atoms with Crippen LogP contribution in [-0.4, -0.2) is 51.1 Å². The van der Waals surface area contributed by atoms with Gasteiger partial charge in [-0.25, -0.2) is 14.4 Å². The number of aryl methyl sites for hydroxylation is 1. The van der Waals surface area contributed by atoms with Crippen LogP contribution in [0.3, 0.4) is 0 Å². The number of halogens is 4. The maximum absolute atomic E-state index is 14.8. The average molecular weight is 508 g/mol. The van der Waals surface area contributed by atoms with Gasteiger partial charge in [0.05, 0.1) is 34.2 Å².